The van der Waals surface area contributed by atoms with Crippen molar-refractivity contribution < 1.29 is 13.2 Å². The molecule has 3 atom stereocenters. The Balaban J connectivity index is 2.23. The van der Waals surface area contributed by atoms with Gasteiger partial charge in [0.05, 0.1) is 4.90 Å². The van der Waals surface area contributed by atoms with Gasteiger partial charge in [0.25, 0.3) is 0 Å². The van der Waals surface area contributed by atoms with E-state index in [0.29, 0.717) is 24.4 Å². The molecule has 0 aromatic heterocycles. The lowest BCUT2D eigenvalue weighted by molar-refractivity contribution is -0.144. The summed E-state index contributed by atoms with van der Waals surface area (Å²) in [5.74, 6) is 1.07. The first-order valence-corrected chi connectivity index (χ1v) is 11.4. The first kappa shape index (κ1) is 20.3. The second-order valence-corrected chi connectivity index (χ2v) is 9.60. The second-order valence-electron chi connectivity index (χ2n) is 6.93. The molecule has 0 spiro atoms. The zero-order valence-electron chi connectivity index (χ0n) is 15.6. The van der Waals surface area contributed by atoms with Crippen molar-refractivity contribution in [3.05, 3.63) is 29.3 Å². The van der Waals surface area contributed by atoms with Crippen LogP contribution in [0.25, 0.3) is 0 Å². The summed E-state index contributed by atoms with van der Waals surface area (Å²) < 4.78 is 28.4. The number of benzene rings is 1. The third kappa shape index (κ3) is 4.57. The van der Waals surface area contributed by atoms with Gasteiger partial charge in [0.15, 0.2) is 0 Å². The number of nitrogens with zero attached hydrogens (tertiary/aromatic N) is 1. The highest BCUT2D eigenvalue weighted by atomic mass is 32.2. The SMILES string of the molecule is CSCCC(NS(=O)(=O)c1cc(C)ccc1C)C(=O)N1CC(C)C1C. The zero-order valence-corrected chi connectivity index (χ0v) is 17.2. The van der Waals surface area contributed by atoms with E-state index in [1.54, 1.807) is 35.7 Å². The largest absolute Gasteiger partial charge is 0.338 e. The maximum atomic E-state index is 12.9. The number of amides is 1. The summed E-state index contributed by atoms with van der Waals surface area (Å²) in [5, 5.41) is 0. The van der Waals surface area contributed by atoms with Crippen molar-refractivity contribution in [1.82, 2.24) is 9.62 Å². The Morgan fingerprint density at radius 3 is 2.60 bits per heavy atom. The number of carbonyl (C=O) groups excluding carboxylic acids is 1. The molecule has 1 aromatic carbocycles. The molecule has 0 bridgehead atoms. The van der Waals surface area contributed by atoms with Crippen LogP contribution in [0, 0.1) is 19.8 Å². The lowest BCUT2D eigenvalue weighted by Gasteiger charge is -2.46. The Kier molecular flexibility index (Phi) is 6.56. The van der Waals surface area contributed by atoms with Crippen LogP contribution in [0.1, 0.15) is 31.4 Å². The predicted octanol–water partition coefficient (Wildman–Crippen LogP) is 2.57. The van der Waals surface area contributed by atoms with Crippen LogP contribution in [0.2, 0.25) is 0 Å². The van der Waals surface area contributed by atoms with Crippen LogP contribution >= 0.6 is 11.8 Å². The van der Waals surface area contributed by atoms with Crippen molar-refractivity contribution in [2.24, 2.45) is 5.92 Å². The van der Waals surface area contributed by atoms with Crippen molar-refractivity contribution in [3.63, 3.8) is 0 Å². The zero-order chi connectivity index (χ0) is 18.8. The van der Waals surface area contributed by atoms with E-state index in [9.17, 15) is 13.2 Å². The summed E-state index contributed by atoms with van der Waals surface area (Å²) >= 11 is 1.61. The normalized spacial score (nSPS) is 21.7. The van der Waals surface area contributed by atoms with Crippen LogP contribution in [-0.2, 0) is 14.8 Å². The molecule has 3 unspecified atom stereocenters. The number of likely N-dealkylation sites (tertiary alicyclic amines) is 1. The van der Waals surface area contributed by atoms with E-state index in [2.05, 4.69) is 11.6 Å². The maximum absolute atomic E-state index is 12.9. The monoisotopic (exact) mass is 384 g/mol. The molecule has 1 saturated heterocycles. The Morgan fingerprint density at radius 1 is 1.36 bits per heavy atom. The molecule has 0 aliphatic carbocycles. The minimum absolute atomic E-state index is 0.117. The molecule has 1 heterocycles. The number of nitrogens with one attached hydrogen (secondary N) is 1. The van der Waals surface area contributed by atoms with Crippen molar-refractivity contribution in [2.75, 3.05) is 18.6 Å². The van der Waals surface area contributed by atoms with Crippen LogP contribution in [-0.4, -0.2) is 49.9 Å². The van der Waals surface area contributed by atoms with Gasteiger partial charge in [0.1, 0.15) is 6.04 Å². The van der Waals surface area contributed by atoms with Crippen LogP contribution in [0.3, 0.4) is 0 Å². The first-order chi connectivity index (χ1) is 11.7. The van der Waals surface area contributed by atoms with Crippen molar-refractivity contribution in [1.29, 1.82) is 0 Å². The summed E-state index contributed by atoms with van der Waals surface area (Å²) in [5.41, 5.74) is 1.56. The molecule has 2 rings (SSSR count). The van der Waals surface area contributed by atoms with Gasteiger partial charge >= 0.3 is 0 Å². The molecule has 7 heteroatoms. The van der Waals surface area contributed by atoms with Crippen molar-refractivity contribution >= 4 is 27.7 Å². The summed E-state index contributed by atoms with van der Waals surface area (Å²) in [6, 6.07) is 4.78. The fourth-order valence-corrected chi connectivity index (χ4v) is 5.03. The summed E-state index contributed by atoms with van der Waals surface area (Å²) in [6.45, 7) is 8.44. The van der Waals surface area contributed by atoms with Crippen LogP contribution in [0.4, 0.5) is 0 Å². The molecule has 1 aromatic rings. The number of sulfonamides is 1. The van der Waals surface area contributed by atoms with E-state index >= 15 is 0 Å². The van der Waals surface area contributed by atoms with Gasteiger partial charge < -0.3 is 4.90 Å². The van der Waals surface area contributed by atoms with Gasteiger partial charge in [-0.1, -0.05) is 19.1 Å². The van der Waals surface area contributed by atoms with E-state index in [0.717, 1.165) is 11.3 Å². The lowest BCUT2D eigenvalue weighted by Crippen LogP contribution is -2.61. The molecule has 1 aliphatic heterocycles. The number of aryl methyl sites for hydroxylation is 2. The second kappa shape index (κ2) is 8.10. The highest BCUT2D eigenvalue weighted by Crippen LogP contribution is 2.26. The quantitative estimate of drug-likeness (QED) is 0.785. The number of thioether (sulfide) groups is 1. The molecule has 1 amide bonds. The van der Waals surface area contributed by atoms with Crippen LogP contribution < -0.4 is 4.72 Å². The summed E-state index contributed by atoms with van der Waals surface area (Å²) in [6.07, 6.45) is 2.44. The van der Waals surface area contributed by atoms with Gasteiger partial charge in [-0.25, -0.2) is 8.42 Å². The van der Waals surface area contributed by atoms with E-state index in [4.69, 9.17) is 0 Å². The number of rotatable bonds is 7. The third-order valence-electron chi connectivity index (χ3n) is 4.92. The summed E-state index contributed by atoms with van der Waals surface area (Å²) in [7, 11) is -3.74. The molecule has 0 radical (unpaired) electrons. The topological polar surface area (TPSA) is 66.5 Å². The van der Waals surface area contributed by atoms with Gasteiger partial charge in [-0.15, -0.1) is 0 Å². The smallest absolute Gasteiger partial charge is 0.241 e. The minimum atomic E-state index is -3.74. The average molecular weight is 385 g/mol. The van der Waals surface area contributed by atoms with Crippen LogP contribution in [0.5, 0.6) is 0 Å². The molecule has 140 valence electrons. The van der Waals surface area contributed by atoms with Gasteiger partial charge in [0.2, 0.25) is 15.9 Å². The average Bonchev–Trinajstić information content (AvgIpc) is 2.57. The molecular weight excluding hydrogens is 356 g/mol. The van der Waals surface area contributed by atoms with E-state index < -0.39 is 16.1 Å². The molecular formula is C18H28N2O3S2. The van der Waals surface area contributed by atoms with E-state index in [1.165, 1.54) is 0 Å². The fraction of sp³-hybridized carbons (Fsp3) is 0.611. The standard InChI is InChI=1S/C18H28N2O3S2/c1-12-6-7-13(2)17(10-12)25(22,23)19-16(8-9-24-5)18(21)20-11-14(3)15(20)4/h6-7,10,14-16,19H,8-9,11H2,1-5H3. The molecule has 5 nitrogen and oxygen atoms in total. The number of carbonyl (C=O) groups is 1. The highest BCUT2D eigenvalue weighted by Gasteiger charge is 2.39. The van der Waals surface area contributed by atoms with Gasteiger partial charge in [-0.2, -0.15) is 16.5 Å². The molecule has 0 saturated carbocycles. The van der Waals surface area contributed by atoms with E-state index in [-0.39, 0.29) is 16.8 Å². The van der Waals surface area contributed by atoms with Crippen molar-refractivity contribution in [3.8, 4) is 0 Å². The number of hydrogen-bond acceptors (Lipinski definition) is 4. The lowest BCUT2D eigenvalue weighted by atomic mass is 9.91. The first-order valence-electron chi connectivity index (χ1n) is 8.56. The molecule has 1 fully saturated rings. The minimum Gasteiger partial charge on any atom is -0.338 e. The van der Waals surface area contributed by atoms with E-state index in [1.807, 2.05) is 26.2 Å². The van der Waals surface area contributed by atoms with Crippen LogP contribution in [0.15, 0.2) is 23.1 Å². The number of hydrogen-bond donors (Lipinski definition) is 1. The highest BCUT2D eigenvalue weighted by molar-refractivity contribution is 7.98. The summed E-state index contributed by atoms with van der Waals surface area (Å²) in [4.78, 5) is 14.9. The third-order valence-corrected chi connectivity index (χ3v) is 7.18. The Hall–Kier alpha value is -1.05. The molecule has 25 heavy (non-hydrogen) atoms. The van der Waals surface area contributed by atoms with Gasteiger partial charge in [-0.3, -0.25) is 4.79 Å². The Labute approximate surface area is 155 Å². The molecule has 1 aliphatic rings. The fourth-order valence-electron chi connectivity index (χ4n) is 3.01. The Morgan fingerprint density at radius 2 is 2.04 bits per heavy atom. The van der Waals surface area contributed by atoms with Gasteiger partial charge in [-0.05, 0) is 62.3 Å². The van der Waals surface area contributed by atoms with Gasteiger partial charge in [0, 0.05) is 12.6 Å². The predicted molar refractivity (Wildman–Crippen MR) is 103 cm³/mol. The van der Waals surface area contributed by atoms with Crippen molar-refractivity contribution in [2.45, 2.75) is 51.1 Å². The molecule has 1 N–H and O–H groups in total. The Bertz CT molecular complexity index is 734. The maximum Gasteiger partial charge on any atom is 0.241 e.